The molecule has 6 heteroatoms. The molecule has 0 heterocycles. The van der Waals surface area contributed by atoms with E-state index in [0.29, 0.717) is 11.1 Å². The summed E-state index contributed by atoms with van der Waals surface area (Å²) in [5.74, 6) is -2.47. The lowest BCUT2D eigenvalue weighted by Gasteiger charge is -2.11. The molecule has 0 saturated carbocycles. The molecule has 0 bridgehead atoms. The van der Waals surface area contributed by atoms with Crippen LogP contribution in [0, 0.1) is 18.6 Å². The van der Waals surface area contributed by atoms with Gasteiger partial charge in [0.1, 0.15) is 17.2 Å². The highest BCUT2D eigenvalue weighted by atomic mass is 19.1. The van der Waals surface area contributed by atoms with Crippen LogP contribution in [0.3, 0.4) is 0 Å². The van der Waals surface area contributed by atoms with Crippen molar-refractivity contribution in [3.05, 3.63) is 94.6 Å². The van der Waals surface area contributed by atoms with Crippen LogP contribution >= 0.6 is 0 Å². The van der Waals surface area contributed by atoms with E-state index in [9.17, 15) is 18.4 Å². The van der Waals surface area contributed by atoms with Crippen LogP contribution in [-0.2, 0) is 11.3 Å². The van der Waals surface area contributed by atoms with Crippen LogP contribution in [0.25, 0.3) is 11.1 Å². The molecule has 0 aromatic heterocycles. The monoisotopic (exact) mass is 395 g/mol. The molecule has 0 spiro atoms. The van der Waals surface area contributed by atoms with Gasteiger partial charge in [0.05, 0.1) is 7.11 Å². The number of rotatable bonds is 5. The topological polar surface area (TPSA) is 55.4 Å². The van der Waals surface area contributed by atoms with Gasteiger partial charge in [-0.2, -0.15) is 0 Å². The summed E-state index contributed by atoms with van der Waals surface area (Å²) in [4.78, 5) is 24.1. The molecule has 0 unspecified atom stereocenters. The highest BCUT2D eigenvalue weighted by molar-refractivity contribution is 5.97. The van der Waals surface area contributed by atoms with Gasteiger partial charge in [-0.15, -0.1) is 0 Å². The Kier molecular flexibility index (Phi) is 6.02. The number of esters is 1. The summed E-state index contributed by atoms with van der Waals surface area (Å²) in [5, 5.41) is 2.68. The molecule has 0 saturated heterocycles. The highest BCUT2D eigenvalue weighted by Gasteiger charge is 2.19. The number of carbonyl (C=O) groups excluding carboxylic acids is 2. The van der Waals surface area contributed by atoms with Gasteiger partial charge in [-0.1, -0.05) is 42.0 Å². The Bertz CT molecular complexity index is 1080. The minimum absolute atomic E-state index is 0.00804. The zero-order valence-electron chi connectivity index (χ0n) is 16.0. The lowest BCUT2D eigenvalue weighted by atomic mass is 9.98. The largest absolute Gasteiger partial charge is 0.465 e. The Balaban J connectivity index is 1.82. The van der Waals surface area contributed by atoms with Crippen LogP contribution in [0.5, 0.6) is 0 Å². The molecule has 4 nitrogen and oxygen atoms in total. The van der Waals surface area contributed by atoms with E-state index in [1.54, 1.807) is 24.3 Å². The minimum Gasteiger partial charge on any atom is -0.465 e. The molecule has 3 aromatic rings. The van der Waals surface area contributed by atoms with Crippen LogP contribution in [0.15, 0.2) is 60.7 Å². The number of hydrogen-bond acceptors (Lipinski definition) is 3. The lowest BCUT2D eigenvalue weighted by Crippen LogP contribution is -2.23. The molecule has 3 aromatic carbocycles. The fraction of sp³-hybridized carbons (Fsp3) is 0.130. The maximum absolute atomic E-state index is 14.6. The first-order valence-corrected chi connectivity index (χ1v) is 8.91. The molecule has 0 atom stereocenters. The molecular weight excluding hydrogens is 376 g/mol. The van der Waals surface area contributed by atoms with E-state index in [4.69, 9.17) is 0 Å². The zero-order chi connectivity index (χ0) is 21.0. The number of halogens is 2. The molecule has 3 rings (SSSR count). The molecule has 148 valence electrons. The van der Waals surface area contributed by atoms with Gasteiger partial charge in [-0.05, 0) is 42.3 Å². The molecule has 0 radical (unpaired) electrons. The van der Waals surface area contributed by atoms with E-state index >= 15 is 0 Å². The number of nitrogens with one attached hydrogen (secondary N) is 1. The second-order valence-corrected chi connectivity index (χ2v) is 6.51. The third-order valence-corrected chi connectivity index (χ3v) is 4.49. The predicted octanol–water partition coefficient (Wildman–Crippen LogP) is 4.66. The van der Waals surface area contributed by atoms with Crippen LogP contribution in [0.1, 0.15) is 31.8 Å². The Morgan fingerprint density at radius 1 is 0.966 bits per heavy atom. The second-order valence-electron chi connectivity index (χ2n) is 6.51. The molecule has 29 heavy (non-hydrogen) atoms. The van der Waals surface area contributed by atoms with Gasteiger partial charge in [-0.25, -0.2) is 13.6 Å². The Morgan fingerprint density at radius 2 is 1.72 bits per heavy atom. The first-order valence-electron chi connectivity index (χ1n) is 8.91. The Hall–Kier alpha value is -3.54. The summed E-state index contributed by atoms with van der Waals surface area (Å²) < 4.78 is 33.3. The summed E-state index contributed by atoms with van der Waals surface area (Å²) >= 11 is 0. The van der Waals surface area contributed by atoms with E-state index in [1.165, 1.54) is 24.3 Å². The van der Waals surface area contributed by atoms with Crippen LogP contribution in [0.2, 0.25) is 0 Å². The Labute approximate surface area is 167 Å². The molecule has 0 fully saturated rings. The second kappa shape index (κ2) is 8.65. The number of carbonyl (C=O) groups is 2. The van der Waals surface area contributed by atoms with E-state index in [-0.39, 0.29) is 29.1 Å². The smallest absolute Gasteiger partial charge is 0.341 e. The fourth-order valence-corrected chi connectivity index (χ4v) is 3.00. The molecule has 0 aliphatic heterocycles. The molecule has 0 aliphatic carbocycles. The van der Waals surface area contributed by atoms with Crippen molar-refractivity contribution in [2.24, 2.45) is 0 Å². The van der Waals surface area contributed by atoms with Crippen molar-refractivity contribution >= 4 is 11.9 Å². The summed E-state index contributed by atoms with van der Waals surface area (Å²) in [5.41, 5.74) is 2.01. The van der Waals surface area contributed by atoms with Crippen molar-refractivity contribution in [1.29, 1.82) is 0 Å². The van der Waals surface area contributed by atoms with Crippen molar-refractivity contribution in [2.45, 2.75) is 13.5 Å². The third kappa shape index (κ3) is 4.48. The van der Waals surface area contributed by atoms with Crippen LogP contribution in [-0.4, -0.2) is 19.0 Å². The maximum atomic E-state index is 14.6. The number of methoxy groups -OCH3 is 1. The minimum atomic E-state index is -0.840. The molecule has 1 amide bonds. The van der Waals surface area contributed by atoms with Crippen molar-refractivity contribution in [1.82, 2.24) is 5.32 Å². The highest BCUT2D eigenvalue weighted by Crippen LogP contribution is 2.28. The SMILES string of the molecule is COC(=O)c1c(F)cccc1-c1ccc(CNC(=O)c2cccc(C)c2)c(F)c1. The molecule has 1 N–H and O–H groups in total. The van der Waals surface area contributed by atoms with E-state index in [2.05, 4.69) is 10.1 Å². The maximum Gasteiger partial charge on any atom is 0.341 e. The average molecular weight is 395 g/mol. The van der Waals surface area contributed by atoms with E-state index in [0.717, 1.165) is 18.7 Å². The van der Waals surface area contributed by atoms with E-state index < -0.39 is 17.6 Å². The van der Waals surface area contributed by atoms with Crippen molar-refractivity contribution in [2.75, 3.05) is 7.11 Å². The van der Waals surface area contributed by atoms with E-state index in [1.807, 2.05) is 13.0 Å². The number of aryl methyl sites for hydroxylation is 1. The quantitative estimate of drug-likeness (QED) is 0.640. The normalized spacial score (nSPS) is 10.5. The number of amides is 1. The summed E-state index contributed by atoms with van der Waals surface area (Å²) in [6.07, 6.45) is 0. The van der Waals surface area contributed by atoms with Crippen molar-refractivity contribution in [3.63, 3.8) is 0 Å². The van der Waals surface area contributed by atoms with Crippen LogP contribution in [0.4, 0.5) is 8.78 Å². The summed E-state index contributed by atoms with van der Waals surface area (Å²) in [7, 11) is 1.15. The van der Waals surface area contributed by atoms with Crippen molar-refractivity contribution in [3.8, 4) is 11.1 Å². The van der Waals surface area contributed by atoms with Gasteiger partial charge in [0.2, 0.25) is 0 Å². The third-order valence-electron chi connectivity index (χ3n) is 4.49. The van der Waals surface area contributed by atoms with Crippen molar-refractivity contribution < 1.29 is 23.1 Å². The van der Waals surface area contributed by atoms with Gasteiger partial charge < -0.3 is 10.1 Å². The average Bonchev–Trinajstić information content (AvgIpc) is 2.71. The molecular formula is C23H19F2NO3. The van der Waals surface area contributed by atoms with Gasteiger partial charge in [0, 0.05) is 17.7 Å². The predicted molar refractivity (Wildman–Crippen MR) is 105 cm³/mol. The van der Waals surface area contributed by atoms with Crippen LogP contribution < -0.4 is 5.32 Å². The zero-order valence-corrected chi connectivity index (χ0v) is 16.0. The fourth-order valence-electron chi connectivity index (χ4n) is 3.00. The number of ether oxygens (including phenoxy) is 1. The Morgan fingerprint density at radius 3 is 2.41 bits per heavy atom. The number of hydrogen-bond donors (Lipinski definition) is 1. The summed E-state index contributed by atoms with van der Waals surface area (Å²) in [6, 6.07) is 15.4. The lowest BCUT2D eigenvalue weighted by molar-refractivity contribution is 0.0596. The van der Waals surface area contributed by atoms with Gasteiger partial charge in [0.15, 0.2) is 0 Å². The van der Waals surface area contributed by atoms with Gasteiger partial charge in [-0.3, -0.25) is 4.79 Å². The first kappa shape index (κ1) is 20.2. The van der Waals surface area contributed by atoms with Gasteiger partial charge >= 0.3 is 5.97 Å². The first-order chi connectivity index (χ1) is 13.9. The number of benzene rings is 3. The van der Waals surface area contributed by atoms with Gasteiger partial charge in [0.25, 0.3) is 5.91 Å². The summed E-state index contributed by atoms with van der Waals surface area (Å²) in [6.45, 7) is 1.87. The molecule has 0 aliphatic rings. The standard InChI is InChI=1S/C23H19F2NO3/c1-14-5-3-6-16(11-14)22(27)26-13-17-10-9-15(12-20(17)25)18-7-4-8-19(24)21(18)23(28)29-2/h3-12H,13H2,1-2H3,(H,26,27).